The van der Waals surface area contributed by atoms with Gasteiger partial charge in [0.25, 0.3) is 0 Å². The van der Waals surface area contributed by atoms with Gasteiger partial charge in [-0.3, -0.25) is 19.3 Å². The number of carboxylic acid groups (broad SMARTS) is 2. The molecule has 0 spiro atoms. The average molecular weight is 507 g/mol. The van der Waals surface area contributed by atoms with E-state index in [1.807, 2.05) is 30.3 Å². The smallest absolute Gasteiger partial charge is 0.332 e. The number of piperidine rings is 1. The van der Waals surface area contributed by atoms with Crippen molar-refractivity contribution in [2.24, 2.45) is 0 Å². The highest BCUT2D eigenvalue weighted by Crippen LogP contribution is 2.35. The minimum absolute atomic E-state index is 0.116. The van der Waals surface area contributed by atoms with E-state index in [0.717, 1.165) is 0 Å². The van der Waals surface area contributed by atoms with Gasteiger partial charge < -0.3 is 24.6 Å². The van der Waals surface area contributed by atoms with Gasteiger partial charge in [0.15, 0.2) is 0 Å². The summed E-state index contributed by atoms with van der Waals surface area (Å²) in [7, 11) is 2.72. The van der Waals surface area contributed by atoms with Crippen LogP contribution in [0.1, 0.15) is 39.0 Å². The number of nitrogens with zero attached hydrogens (tertiary/aromatic N) is 2. The van der Waals surface area contributed by atoms with E-state index >= 15 is 0 Å². The number of hydrogen-bond donors (Lipinski definition) is 2. The van der Waals surface area contributed by atoms with Crippen molar-refractivity contribution < 1.29 is 43.7 Å². The molecule has 36 heavy (non-hydrogen) atoms. The van der Waals surface area contributed by atoms with Gasteiger partial charge >= 0.3 is 23.9 Å². The number of amides is 1. The zero-order valence-corrected chi connectivity index (χ0v) is 20.9. The van der Waals surface area contributed by atoms with E-state index in [4.69, 9.17) is 14.9 Å². The Morgan fingerprint density at radius 3 is 2.03 bits per heavy atom. The SMILES string of the molecule is C=C(CC(=O)O)C(=O)O.CCC(=O)N(c1ccccc1)C1(C(=O)OC)CCN(CCC(=O)OC)CC1. The largest absolute Gasteiger partial charge is 0.481 e. The second kappa shape index (κ2) is 14.6. The van der Waals surface area contributed by atoms with Crippen molar-refractivity contribution in [1.29, 1.82) is 0 Å². The summed E-state index contributed by atoms with van der Waals surface area (Å²) in [6.07, 6.45) is 0.982. The lowest BCUT2D eigenvalue weighted by Crippen LogP contribution is -2.62. The van der Waals surface area contributed by atoms with Crippen molar-refractivity contribution in [1.82, 2.24) is 4.90 Å². The Balaban J connectivity index is 0.000000613. The fourth-order valence-corrected chi connectivity index (χ4v) is 3.83. The average Bonchev–Trinajstić information content (AvgIpc) is 2.87. The Morgan fingerprint density at radius 1 is 1.03 bits per heavy atom. The fraction of sp³-hybridized carbons (Fsp3) is 0.480. The van der Waals surface area contributed by atoms with E-state index in [1.165, 1.54) is 14.2 Å². The lowest BCUT2D eigenvalue weighted by molar-refractivity contribution is -0.151. The molecular weight excluding hydrogens is 472 g/mol. The van der Waals surface area contributed by atoms with E-state index in [0.29, 0.717) is 51.0 Å². The highest BCUT2D eigenvalue weighted by Gasteiger charge is 2.49. The summed E-state index contributed by atoms with van der Waals surface area (Å²) in [6.45, 7) is 6.55. The number of esters is 2. The van der Waals surface area contributed by atoms with Crippen molar-refractivity contribution in [2.75, 3.05) is 38.8 Å². The Bertz CT molecular complexity index is 938. The maximum Gasteiger partial charge on any atom is 0.332 e. The molecule has 0 unspecified atom stereocenters. The molecule has 0 bridgehead atoms. The predicted molar refractivity (Wildman–Crippen MR) is 130 cm³/mol. The zero-order chi connectivity index (χ0) is 27.3. The van der Waals surface area contributed by atoms with Gasteiger partial charge in [-0.2, -0.15) is 0 Å². The van der Waals surface area contributed by atoms with Gasteiger partial charge in [0.1, 0.15) is 5.54 Å². The second-order valence-corrected chi connectivity index (χ2v) is 8.09. The van der Waals surface area contributed by atoms with Crippen LogP contribution >= 0.6 is 0 Å². The molecule has 0 atom stereocenters. The normalized spacial score (nSPS) is 14.4. The third-order valence-electron chi connectivity index (χ3n) is 5.77. The molecule has 1 saturated heterocycles. The lowest BCUT2D eigenvalue weighted by Gasteiger charge is -2.46. The van der Waals surface area contributed by atoms with Gasteiger partial charge in [-0.1, -0.05) is 31.7 Å². The van der Waals surface area contributed by atoms with Crippen molar-refractivity contribution in [3.05, 3.63) is 42.5 Å². The molecule has 1 aromatic rings. The van der Waals surface area contributed by atoms with Crippen molar-refractivity contribution in [3.63, 3.8) is 0 Å². The number of anilines is 1. The molecule has 11 nitrogen and oxygen atoms in total. The number of carbonyl (C=O) groups excluding carboxylic acids is 3. The van der Waals surface area contributed by atoms with Gasteiger partial charge in [-0.15, -0.1) is 0 Å². The lowest BCUT2D eigenvalue weighted by atomic mass is 9.84. The van der Waals surface area contributed by atoms with Crippen molar-refractivity contribution in [2.45, 2.75) is 44.6 Å². The number of para-hydroxylation sites is 1. The molecule has 1 amide bonds. The topological polar surface area (TPSA) is 151 Å². The van der Waals surface area contributed by atoms with Gasteiger partial charge in [0.05, 0.1) is 27.1 Å². The van der Waals surface area contributed by atoms with Crippen LogP contribution in [0.3, 0.4) is 0 Å². The van der Waals surface area contributed by atoms with Crippen molar-refractivity contribution >= 4 is 35.5 Å². The summed E-state index contributed by atoms with van der Waals surface area (Å²) in [5, 5.41) is 16.1. The van der Waals surface area contributed by atoms with Gasteiger partial charge in [0, 0.05) is 37.3 Å². The molecule has 0 saturated carbocycles. The van der Waals surface area contributed by atoms with Crippen LogP contribution in [0.2, 0.25) is 0 Å². The fourth-order valence-electron chi connectivity index (χ4n) is 3.83. The minimum Gasteiger partial charge on any atom is -0.481 e. The Morgan fingerprint density at radius 2 is 1.61 bits per heavy atom. The number of ether oxygens (including phenoxy) is 2. The van der Waals surface area contributed by atoms with E-state index in [1.54, 1.807) is 11.8 Å². The number of rotatable bonds is 10. The first-order valence-electron chi connectivity index (χ1n) is 11.4. The molecule has 1 aliphatic rings. The van der Waals surface area contributed by atoms with Crippen LogP contribution in [0.4, 0.5) is 5.69 Å². The van der Waals surface area contributed by atoms with Crippen LogP contribution in [0.5, 0.6) is 0 Å². The first kappa shape index (κ1) is 30.3. The summed E-state index contributed by atoms with van der Waals surface area (Å²) in [4.78, 5) is 60.4. The number of methoxy groups -OCH3 is 2. The number of hydrogen-bond acceptors (Lipinski definition) is 8. The van der Waals surface area contributed by atoms with Gasteiger partial charge in [-0.05, 0) is 25.0 Å². The highest BCUT2D eigenvalue weighted by atomic mass is 16.5. The number of benzene rings is 1. The van der Waals surface area contributed by atoms with Crippen LogP contribution in [0.25, 0.3) is 0 Å². The maximum absolute atomic E-state index is 12.8. The maximum atomic E-state index is 12.8. The highest BCUT2D eigenvalue weighted by molar-refractivity contribution is 6.02. The molecule has 1 aromatic carbocycles. The number of carboxylic acids is 2. The minimum atomic E-state index is -1.27. The summed E-state index contributed by atoms with van der Waals surface area (Å²) in [5.41, 5.74) is -0.648. The zero-order valence-electron chi connectivity index (χ0n) is 20.9. The van der Waals surface area contributed by atoms with E-state index in [9.17, 15) is 24.0 Å². The standard InChI is InChI=1S/C20H28N2O5.C5H6O4/c1-4-17(23)22(16-8-6-5-7-9-16)20(19(25)27-3)11-14-21(15-12-20)13-10-18(24)26-2;1-3(5(8)9)2-4(6)7/h5-9H,4,10-15H2,1-3H3;1-2H2,(H,6,7)(H,8,9). The molecule has 2 rings (SSSR count). The van der Waals surface area contributed by atoms with E-state index < -0.39 is 29.9 Å². The molecular formula is C25H34N2O9. The second-order valence-electron chi connectivity index (χ2n) is 8.09. The molecule has 198 valence electrons. The van der Waals surface area contributed by atoms with Gasteiger partial charge in [-0.25, -0.2) is 9.59 Å². The summed E-state index contributed by atoms with van der Waals surface area (Å²) >= 11 is 0. The monoisotopic (exact) mass is 506 g/mol. The first-order chi connectivity index (χ1) is 17.0. The Hall–Kier alpha value is -3.73. The Kier molecular flexibility index (Phi) is 12.3. The van der Waals surface area contributed by atoms with Crippen LogP contribution < -0.4 is 4.90 Å². The van der Waals surface area contributed by atoms with Crippen LogP contribution in [0, 0.1) is 0 Å². The van der Waals surface area contributed by atoms with Crippen molar-refractivity contribution in [3.8, 4) is 0 Å². The van der Waals surface area contributed by atoms with Crippen LogP contribution in [-0.2, 0) is 33.4 Å². The molecule has 1 fully saturated rings. The van der Waals surface area contributed by atoms with Crippen LogP contribution in [0.15, 0.2) is 42.5 Å². The molecule has 0 aromatic heterocycles. The summed E-state index contributed by atoms with van der Waals surface area (Å²) in [5.74, 6) is -3.22. The first-order valence-corrected chi connectivity index (χ1v) is 11.4. The number of aliphatic carboxylic acids is 2. The molecule has 0 radical (unpaired) electrons. The molecule has 1 aliphatic heterocycles. The molecule has 2 N–H and O–H groups in total. The summed E-state index contributed by atoms with van der Waals surface area (Å²) in [6, 6.07) is 9.24. The number of carbonyl (C=O) groups is 5. The third kappa shape index (κ3) is 8.49. The quantitative estimate of drug-likeness (QED) is 0.357. The van der Waals surface area contributed by atoms with E-state index in [-0.39, 0.29) is 17.4 Å². The van der Waals surface area contributed by atoms with Gasteiger partial charge in [0.2, 0.25) is 5.91 Å². The molecule has 1 heterocycles. The number of likely N-dealkylation sites (tertiary alicyclic amines) is 1. The third-order valence-corrected chi connectivity index (χ3v) is 5.77. The van der Waals surface area contributed by atoms with E-state index in [2.05, 4.69) is 16.2 Å². The summed E-state index contributed by atoms with van der Waals surface area (Å²) < 4.78 is 9.80. The Labute approximate surface area is 210 Å². The molecule has 11 heteroatoms. The predicted octanol–water partition coefficient (Wildman–Crippen LogP) is 2.10. The molecule has 0 aliphatic carbocycles. The van der Waals surface area contributed by atoms with Crippen LogP contribution in [-0.4, -0.2) is 84.3 Å².